The summed E-state index contributed by atoms with van der Waals surface area (Å²) < 4.78 is 2.63. The maximum atomic E-state index is 2.38. The molecule has 9 aromatic carbocycles. The molecular formula is C52H35NS. The molecule has 10 rings (SSSR count). The summed E-state index contributed by atoms with van der Waals surface area (Å²) in [5, 5.41) is 5.16. The summed E-state index contributed by atoms with van der Waals surface area (Å²) in [4.78, 5) is 2.38. The summed E-state index contributed by atoms with van der Waals surface area (Å²) in [5.74, 6) is 0. The Morgan fingerprint density at radius 2 is 0.815 bits per heavy atom. The lowest BCUT2D eigenvalue weighted by Gasteiger charge is -2.26. The van der Waals surface area contributed by atoms with E-state index in [1.807, 2.05) is 11.3 Å². The minimum absolute atomic E-state index is 1.10. The van der Waals surface area contributed by atoms with E-state index in [1.54, 1.807) is 0 Å². The number of thiophene rings is 1. The van der Waals surface area contributed by atoms with Gasteiger partial charge in [-0.1, -0.05) is 158 Å². The van der Waals surface area contributed by atoms with Crippen molar-refractivity contribution in [3.63, 3.8) is 0 Å². The fourth-order valence-corrected chi connectivity index (χ4v) is 8.99. The zero-order chi connectivity index (χ0) is 35.8. The van der Waals surface area contributed by atoms with Gasteiger partial charge in [-0.2, -0.15) is 0 Å². The normalized spacial score (nSPS) is 11.3. The van der Waals surface area contributed by atoms with Crippen molar-refractivity contribution in [1.29, 1.82) is 0 Å². The van der Waals surface area contributed by atoms with Crippen LogP contribution in [-0.2, 0) is 0 Å². The van der Waals surface area contributed by atoms with Crippen LogP contribution in [0.5, 0.6) is 0 Å². The van der Waals surface area contributed by atoms with Gasteiger partial charge in [0.25, 0.3) is 0 Å². The molecule has 0 atom stereocenters. The number of nitrogens with zero attached hydrogens (tertiary/aromatic N) is 1. The fourth-order valence-electron chi connectivity index (χ4n) is 7.85. The average molecular weight is 706 g/mol. The van der Waals surface area contributed by atoms with Crippen LogP contribution in [0.2, 0.25) is 0 Å². The van der Waals surface area contributed by atoms with Gasteiger partial charge < -0.3 is 4.90 Å². The molecule has 0 radical (unpaired) electrons. The van der Waals surface area contributed by atoms with Gasteiger partial charge in [-0.15, -0.1) is 11.3 Å². The monoisotopic (exact) mass is 705 g/mol. The van der Waals surface area contributed by atoms with Gasteiger partial charge in [-0.25, -0.2) is 0 Å². The number of rotatable bonds is 7. The highest BCUT2D eigenvalue weighted by Gasteiger charge is 2.17. The van der Waals surface area contributed by atoms with Gasteiger partial charge in [0.05, 0.1) is 0 Å². The Balaban J connectivity index is 1.06. The number of hydrogen-bond donors (Lipinski definition) is 0. The third kappa shape index (κ3) is 5.84. The van der Waals surface area contributed by atoms with Crippen LogP contribution in [0.25, 0.3) is 75.5 Å². The van der Waals surface area contributed by atoms with Crippen LogP contribution in [0.15, 0.2) is 212 Å². The van der Waals surface area contributed by atoms with Crippen molar-refractivity contribution in [2.75, 3.05) is 4.90 Å². The molecule has 0 N–H and O–H groups in total. The topological polar surface area (TPSA) is 3.24 Å². The molecule has 2 heteroatoms. The Labute approximate surface area is 319 Å². The fraction of sp³-hybridized carbons (Fsp3) is 0. The smallest absolute Gasteiger partial charge is 0.0467 e. The zero-order valence-corrected chi connectivity index (χ0v) is 30.4. The zero-order valence-electron chi connectivity index (χ0n) is 29.6. The summed E-state index contributed by atoms with van der Waals surface area (Å²) in [6, 6.07) is 77.1. The molecule has 254 valence electrons. The van der Waals surface area contributed by atoms with Crippen LogP contribution in [0.4, 0.5) is 17.1 Å². The predicted octanol–water partition coefficient (Wildman–Crippen LogP) is 15.3. The number of hydrogen-bond acceptors (Lipinski definition) is 2. The van der Waals surface area contributed by atoms with Gasteiger partial charge in [-0.3, -0.25) is 0 Å². The summed E-state index contributed by atoms with van der Waals surface area (Å²) in [6.07, 6.45) is 0. The van der Waals surface area contributed by atoms with Gasteiger partial charge in [0.1, 0.15) is 0 Å². The quantitative estimate of drug-likeness (QED) is 0.160. The first-order valence-corrected chi connectivity index (χ1v) is 19.2. The van der Waals surface area contributed by atoms with Crippen molar-refractivity contribution in [1.82, 2.24) is 0 Å². The second-order valence-corrected chi connectivity index (χ2v) is 14.8. The van der Waals surface area contributed by atoms with Crippen molar-refractivity contribution in [3.8, 4) is 44.5 Å². The highest BCUT2D eigenvalue weighted by atomic mass is 32.1. The number of benzene rings is 9. The largest absolute Gasteiger partial charge is 0.310 e. The average Bonchev–Trinajstić information content (AvgIpc) is 3.64. The van der Waals surface area contributed by atoms with Gasteiger partial charge in [0.2, 0.25) is 0 Å². The lowest BCUT2D eigenvalue weighted by molar-refractivity contribution is 1.28. The minimum atomic E-state index is 1.10. The third-order valence-electron chi connectivity index (χ3n) is 10.5. The van der Waals surface area contributed by atoms with E-state index < -0.39 is 0 Å². The maximum absolute atomic E-state index is 2.38. The minimum Gasteiger partial charge on any atom is -0.310 e. The van der Waals surface area contributed by atoms with Gasteiger partial charge in [0, 0.05) is 37.2 Å². The van der Waals surface area contributed by atoms with E-state index in [2.05, 4.69) is 217 Å². The number of fused-ring (bicyclic) bond motifs is 4. The molecule has 0 amide bonds. The molecule has 1 nitrogen and oxygen atoms in total. The second kappa shape index (κ2) is 13.7. The maximum Gasteiger partial charge on any atom is 0.0467 e. The van der Waals surface area contributed by atoms with Crippen LogP contribution in [0.3, 0.4) is 0 Å². The van der Waals surface area contributed by atoms with Crippen molar-refractivity contribution >= 4 is 59.3 Å². The Kier molecular flexibility index (Phi) is 8.09. The Hall–Kier alpha value is -6.74. The standard InChI is InChI=1S/C52H35NS/c1-2-12-36(13-3-1)37-26-30-43(31-27-37)53(45-19-9-18-42(35-45)48-23-11-25-51-52(48)49-21-6-7-24-50(49)54-51)44-32-28-38(29-33-44)40-16-8-17-41(34-40)47-22-10-15-39-14-4-5-20-46(39)47/h1-35H. The molecule has 0 saturated heterocycles. The first kappa shape index (κ1) is 32.0. The lowest BCUT2D eigenvalue weighted by atomic mass is 9.95. The molecule has 0 unspecified atom stereocenters. The molecule has 10 aromatic rings. The van der Waals surface area contributed by atoms with E-state index in [-0.39, 0.29) is 0 Å². The van der Waals surface area contributed by atoms with Crippen LogP contribution in [0, 0.1) is 0 Å². The third-order valence-corrected chi connectivity index (χ3v) is 11.6. The van der Waals surface area contributed by atoms with Crippen molar-refractivity contribution in [2.24, 2.45) is 0 Å². The Bertz CT molecular complexity index is 2920. The molecule has 1 heterocycles. The highest BCUT2D eigenvalue weighted by Crippen LogP contribution is 2.43. The van der Waals surface area contributed by atoms with Crippen LogP contribution >= 0.6 is 11.3 Å². The molecule has 0 aliphatic carbocycles. The van der Waals surface area contributed by atoms with E-state index in [0.717, 1.165) is 17.1 Å². The van der Waals surface area contributed by atoms with Crippen molar-refractivity contribution < 1.29 is 0 Å². The lowest BCUT2D eigenvalue weighted by Crippen LogP contribution is -2.10. The van der Waals surface area contributed by atoms with Crippen molar-refractivity contribution in [2.45, 2.75) is 0 Å². The van der Waals surface area contributed by atoms with E-state index in [0.29, 0.717) is 0 Å². The molecule has 0 aliphatic rings. The van der Waals surface area contributed by atoms with Crippen LogP contribution < -0.4 is 4.90 Å². The Morgan fingerprint density at radius 1 is 0.296 bits per heavy atom. The first-order valence-electron chi connectivity index (χ1n) is 18.4. The van der Waals surface area contributed by atoms with Gasteiger partial charge in [0.15, 0.2) is 0 Å². The molecule has 54 heavy (non-hydrogen) atoms. The van der Waals surface area contributed by atoms with E-state index in [4.69, 9.17) is 0 Å². The van der Waals surface area contributed by atoms with Gasteiger partial charge in [-0.05, 0) is 110 Å². The summed E-state index contributed by atoms with van der Waals surface area (Å²) in [7, 11) is 0. The predicted molar refractivity (Wildman–Crippen MR) is 233 cm³/mol. The van der Waals surface area contributed by atoms with Crippen LogP contribution in [-0.4, -0.2) is 0 Å². The first-order chi connectivity index (χ1) is 26.8. The SMILES string of the molecule is c1ccc(-c2ccc(N(c3ccc(-c4cccc(-c5cccc6ccccc56)c4)cc3)c3cccc(-c4cccc5sc6ccccc6c45)c3)cc2)cc1. The van der Waals surface area contributed by atoms with E-state index >= 15 is 0 Å². The second-order valence-electron chi connectivity index (χ2n) is 13.7. The summed E-state index contributed by atoms with van der Waals surface area (Å²) >= 11 is 1.86. The van der Waals surface area contributed by atoms with Crippen LogP contribution in [0.1, 0.15) is 0 Å². The molecule has 0 spiro atoms. The van der Waals surface area contributed by atoms with E-state index in [1.165, 1.54) is 75.5 Å². The summed E-state index contributed by atoms with van der Waals surface area (Å²) in [5.41, 5.74) is 13.1. The number of anilines is 3. The molecule has 0 fully saturated rings. The Morgan fingerprint density at radius 3 is 1.61 bits per heavy atom. The highest BCUT2D eigenvalue weighted by molar-refractivity contribution is 7.25. The van der Waals surface area contributed by atoms with Gasteiger partial charge >= 0.3 is 0 Å². The van der Waals surface area contributed by atoms with Crippen molar-refractivity contribution in [3.05, 3.63) is 212 Å². The molecule has 0 bridgehead atoms. The van der Waals surface area contributed by atoms with E-state index in [9.17, 15) is 0 Å². The summed E-state index contributed by atoms with van der Waals surface area (Å²) in [6.45, 7) is 0. The molecule has 0 aliphatic heterocycles. The molecule has 1 aromatic heterocycles. The molecular weight excluding hydrogens is 671 g/mol. The molecule has 0 saturated carbocycles.